The zero-order chi connectivity index (χ0) is 13.0. The van der Waals surface area contributed by atoms with Gasteiger partial charge in [0.2, 0.25) is 0 Å². The fraction of sp³-hybridized carbons (Fsp3) is 0.455. The van der Waals surface area contributed by atoms with E-state index in [4.69, 9.17) is 4.74 Å². The van der Waals surface area contributed by atoms with Crippen molar-refractivity contribution in [2.24, 2.45) is 0 Å². The number of hydrogen-bond acceptors (Lipinski definition) is 5. The van der Waals surface area contributed by atoms with Crippen LogP contribution in [-0.2, 0) is 11.3 Å². The fourth-order valence-electron chi connectivity index (χ4n) is 1.57. The van der Waals surface area contributed by atoms with E-state index in [1.807, 2.05) is 0 Å². The highest BCUT2D eigenvalue weighted by Crippen LogP contribution is 2.08. The van der Waals surface area contributed by atoms with Gasteiger partial charge in [0.15, 0.2) is 5.82 Å². The second-order valence-electron chi connectivity index (χ2n) is 3.71. The number of ether oxygens (including phenoxy) is 1. The third-order valence-electron chi connectivity index (χ3n) is 2.36. The number of nitrogens with zero attached hydrogens (tertiary/aromatic N) is 5. The van der Waals surface area contributed by atoms with E-state index in [1.54, 1.807) is 28.7 Å². The highest BCUT2D eigenvalue weighted by Gasteiger charge is 2.12. The molecule has 0 saturated heterocycles. The van der Waals surface area contributed by atoms with Crippen LogP contribution in [0.2, 0.25) is 0 Å². The van der Waals surface area contributed by atoms with Gasteiger partial charge in [0, 0.05) is 12.7 Å². The number of hydrogen-bond donors (Lipinski definition) is 0. The van der Waals surface area contributed by atoms with Gasteiger partial charge in [0.25, 0.3) is 0 Å². The van der Waals surface area contributed by atoms with E-state index < -0.39 is 0 Å². The van der Waals surface area contributed by atoms with E-state index in [0.29, 0.717) is 12.2 Å². The Balaban J connectivity index is 2.23. The SMILES string of the molecule is CCCn1nncc1-n1cc(C(=O)OCC)cn1. The van der Waals surface area contributed by atoms with E-state index in [1.165, 1.54) is 6.20 Å². The smallest absolute Gasteiger partial charge is 0.341 e. The molecule has 2 heterocycles. The lowest BCUT2D eigenvalue weighted by atomic mass is 10.4. The Labute approximate surface area is 104 Å². The molecule has 7 heteroatoms. The number of aryl methyl sites for hydroxylation is 1. The predicted octanol–water partition coefficient (Wildman–Crippen LogP) is 1.05. The zero-order valence-electron chi connectivity index (χ0n) is 10.4. The molecular formula is C11H15N5O2. The van der Waals surface area contributed by atoms with Crippen molar-refractivity contribution in [2.45, 2.75) is 26.8 Å². The summed E-state index contributed by atoms with van der Waals surface area (Å²) in [7, 11) is 0. The third-order valence-corrected chi connectivity index (χ3v) is 2.36. The minimum atomic E-state index is -0.377. The molecule has 2 aromatic heterocycles. The number of aromatic nitrogens is 5. The summed E-state index contributed by atoms with van der Waals surface area (Å²) in [6.07, 6.45) is 5.64. The van der Waals surface area contributed by atoms with Gasteiger partial charge in [-0.05, 0) is 13.3 Å². The molecule has 0 bridgehead atoms. The van der Waals surface area contributed by atoms with Gasteiger partial charge in [-0.25, -0.2) is 14.2 Å². The minimum Gasteiger partial charge on any atom is -0.462 e. The average Bonchev–Trinajstić information content (AvgIpc) is 2.97. The molecule has 0 saturated carbocycles. The van der Waals surface area contributed by atoms with Crippen LogP contribution in [0.1, 0.15) is 30.6 Å². The Morgan fingerprint density at radius 3 is 2.94 bits per heavy atom. The van der Waals surface area contributed by atoms with Crippen LogP contribution in [0.4, 0.5) is 0 Å². The predicted molar refractivity (Wildman–Crippen MR) is 63.4 cm³/mol. The molecule has 0 aliphatic carbocycles. The van der Waals surface area contributed by atoms with Crippen molar-refractivity contribution in [2.75, 3.05) is 6.61 Å². The van der Waals surface area contributed by atoms with Gasteiger partial charge in [-0.3, -0.25) is 0 Å². The Morgan fingerprint density at radius 1 is 1.39 bits per heavy atom. The number of rotatable bonds is 5. The zero-order valence-corrected chi connectivity index (χ0v) is 10.4. The second-order valence-corrected chi connectivity index (χ2v) is 3.71. The van der Waals surface area contributed by atoms with Gasteiger partial charge in [-0.1, -0.05) is 12.1 Å². The topological polar surface area (TPSA) is 74.8 Å². The van der Waals surface area contributed by atoms with Gasteiger partial charge in [0.1, 0.15) is 0 Å². The average molecular weight is 249 g/mol. The molecule has 0 amide bonds. The summed E-state index contributed by atoms with van der Waals surface area (Å²) in [5.41, 5.74) is 0.418. The molecule has 0 radical (unpaired) electrons. The van der Waals surface area contributed by atoms with Crippen molar-refractivity contribution in [3.8, 4) is 5.82 Å². The maximum absolute atomic E-state index is 11.5. The Bertz CT molecular complexity index is 531. The van der Waals surface area contributed by atoms with E-state index >= 15 is 0 Å². The first-order valence-corrected chi connectivity index (χ1v) is 5.87. The largest absolute Gasteiger partial charge is 0.462 e. The molecule has 0 N–H and O–H groups in total. The van der Waals surface area contributed by atoms with Crippen molar-refractivity contribution in [3.05, 3.63) is 24.2 Å². The Hall–Kier alpha value is -2.18. The van der Waals surface area contributed by atoms with Crippen molar-refractivity contribution in [1.29, 1.82) is 0 Å². The molecule has 0 aliphatic rings. The molecule has 96 valence electrons. The summed E-state index contributed by atoms with van der Waals surface area (Å²) in [5, 5.41) is 11.9. The van der Waals surface area contributed by atoms with Crippen LogP contribution in [0, 0.1) is 0 Å². The van der Waals surface area contributed by atoms with Gasteiger partial charge in [-0.2, -0.15) is 5.10 Å². The Morgan fingerprint density at radius 2 is 2.22 bits per heavy atom. The maximum Gasteiger partial charge on any atom is 0.341 e. The molecule has 0 fully saturated rings. The summed E-state index contributed by atoms with van der Waals surface area (Å²) in [6, 6.07) is 0. The molecule has 0 atom stereocenters. The lowest BCUT2D eigenvalue weighted by Crippen LogP contribution is -2.08. The van der Waals surface area contributed by atoms with E-state index in [9.17, 15) is 4.79 Å². The second kappa shape index (κ2) is 5.44. The van der Waals surface area contributed by atoms with Crippen molar-refractivity contribution >= 4 is 5.97 Å². The van der Waals surface area contributed by atoms with Crippen molar-refractivity contribution in [1.82, 2.24) is 24.8 Å². The van der Waals surface area contributed by atoms with Crippen LogP contribution in [-0.4, -0.2) is 37.4 Å². The van der Waals surface area contributed by atoms with E-state index in [2.05, 4.69) is 22.3 Å². The molecule has 0 spiro atoms. The van der Waals surface area contributed by atoms with Crippen LogP contribution in [0.3, 0.4) is 0 Å². The van der Waals surface area contributed by atoms with Gasteiger partial charge in [0.05, 0.1) is 24.6 Å². The number of esters is 1. The molecule has 0 aliphatic heterocycles. The highest BCUT2D eigenvalue weighted by molar-refractivity contribution is 5.88. The molecule has 2 rings (SSSR count). The van der Waals surface area contributed by atoms with Gasteiger partial charge < -0.3 is 4.74 Å². The highest BCUT2D eigenvalue weighted by atomic mass is 16.5. The van der Waals surface area contributed by atoms with Crippen molar-refractivity contribution < 1.29 is 9.53 Å². The summed E-state index contributed by atoms with van der Waals surface area (Å²) >= 11 is 0. The lowest BCUT2D eigenvalue weighted by Gasteiger charge is -2.03. The summed E-state index contributed by atoms with van der Waals surface area (Å²) in [5.74, 6) is 0.352. The molecule has 7 nitrogen and oxygen atoms in total. The molecule has 18 heavy (non-hydrogen) atoms. The minimum absolute atomic E-state index is 0.347. The lowest BCUT2D eigenvalue weighted by molar-refractivity contribution is 0.0526. The van der Waals surface area contributed by atoms with Crippen LogP contribution in [0.25, 0.3) is 5.82 Å². The first-order valence-electron chi connectivity index (χ1n) is 5.87. The number of carbonyl (C=O) groups is 1. The third kappa shape index (κ3) is 2.39. The van der Waals surface area contributed by atoms with Crippen LogP contribution < -0.4 is 0 Å². The van der Waals surface area contributed by atoms with Crippen LogP contribution in [0.5, 0.6) is 0 Å². The summed E-state index contributed by atoms with van der Waals surface area (Å²) < 4.78 is 8.22. The molecule has 0 unspecified atom stereocenters. The normalized spacial score (nSPS) is 10.6. The summed E-state index contributed by atoms with van der Waals surface area (Å²) in [6.45, 7) is 4.92. The monoisotopic (exact) mass is 249 g/mol. The van der Waals surface area contributed by atoms with Crippen LogP contribution in [0.15, 0.2) is 18.6 Å². The summed E-state index contributed by atoms with van der Waals surface area (Å²) in [4.78, 5) is 11.5. The molecular weight excluding hydrogens is 234 g/mol. The Kier molecular flexibility index (Phi) is 3.71. The molecule has 2 aromatic rings. The van der Waals surface area contributed by atoms with E-state index in [-0.39, 0.29) is 5.97 Å². The van der Waals surface area contributed by atoms with E-state index in [0.717, 1.165) is 18.8 Å². The van der Waals surface area contributed by atoms with Crippen LogP contribution >= 0.6 is 0 Å². The standard InChI is InChI=1S/C11H15N5O2/c1-3-5-15-10(7-12-14-15)16-8-9(6-13-16)11(17)18-4-2/h6-8H,3-5H2,1-2H3. The first kappa shape index (κ1) is 12.3. The van der Waals surface area contributed by atoms with Gasteiger partial charge >= 0.3 is 5.97 Å². The molecule has 0 aromatic carbocycles. The number of carbonyl (C=O) groups excluding carboxylic acids is 1. The first-order chi connectivity index (χ1) is 8.76. The van der Waals surface area contributed by atoms with Gasteiger partial charge in [-0.15, -0.1) is 5.10 Å². The van der Waals surface area contributed by atoms with Crippen molar-refractivity contribution in [3.63, 3.8) is 0 Å². The fourth-order valence-corrected chi connectivity index (χ4v) is 1.57. The quantitative estimate of drug-likeness (QED) is 0.740. The maximum atomic E-state index is 11.5.